The predicted molar refractivity (Wildman–Crippen MR) is 41.7 cm³/mol. The number of pyridine rings is 1. The topological polar surface area (TPSA) is 42.4 Å². The molecule has 5 heteroatoms. The summed E-state index contributed by atoms with van der Waals surface area (Å²) in [4.78, 5) is 3.61. The molecule has 0 amide bonds. The van der Waals surface area contributed by atoms with Crippen LogP contribution in [0.25, 0.3) is 0 Å². The Kier molecular flexibility index (Phi) is 3.13. The molecule has 0 aromatic carbocycles. The average Bonchev–Trinajstić information content (AvgIpc) is 2.16. The van der Waals surface area contributed by atoms with Gasteiger partial charge in [-0.05, 0) is 5.56 Å². The second-order valence-electron chi connectivity index (χ2n) is 2.38. The van der Waals surface area contributed by atoms with Crippen LogP contribution < -0.4 is 4.74 Å². The minimum absolute atomic E-state index is 0.141. The summed E-state index contributed by atoms with van der Waals surface area (Å²) in [6.45, 7) is -0.446. The van der Waals surface area contributed by atoms with Crippen LogP contribution in [0.5, 0.6) is 5.88 Å². The molecule has 0 fully saturated rings. The van der Waals surface area contributed by atoms with Gasteiger partial charge in [0, 0.05) is 17.8 Å². The molecule has 0 saturated heterocycles. The molecule has 72 valence electrons. The molecule has 0 aliphatic heterocycles. The summed E-state index contributed by atoms with van der Waals surface area (Å²) in [7, 11) is 1.38. The number of aliphatic hydroxyl groups is 1. The lowest BCUT2D eigenvalue weighted by atomic mass is 10.1. The molecule has 1 rings (SSSR count). The highest BCUT2D eigenvalue weighted by Crippen LogP contribution is 2.24. The van der Waals surface area contributed by atoms with Crippen molar-refractivity contribution in [2.75, 3.05) is 7.11 Å². The highest BCUT2D eigenvalue weighted by molar-refractivity contribution is 5.29. The van der Waals surface area contributed by atoms with E-state index in [2.05, 4.69) is 4.98 Å². The summed E-state index contributed by atoms with van der Waals surface area (Å²) in [5.74, 6) is 0.216. The molecule has 1 aromatic heterocycles. The van der Waals surface area contributed by atoms with E-state index in [4.69, 9.17) is 9.84 Å². The molecule has 1 heterocycles. The Hall–Kier alpha value is -1.23. The normalized spacial score (nSPS) is 10.5. The van der Waals surface area contributed by atoms with Crippen LogP contribution in [0.3, 0.4) is 0 Å². The van der Waals surface area contributed by atoms with Crippen molar-refractivity contribution in [1.82, 2.24) is 4.98 Å². The van der Waals surface area contributed by atoms with Crippen LogP contribution in [0, 0.1) is 0 Å². The van der Waals surface area contributed by atoms with Crippen molar-refractivity contribution in [2.24, 2.45) is 0 Å². The molecular weight excluding hydrogens is 180 g/mol. The Morgan fingerprint density at radius 2 is 2.31 bits per heavy atom. The summed E-state index contributed by atoms with van der Waals surface area (Å²) < 4.78 is 29.2. The minimum Gasteiger partial charge on any atom is -0.481 e. The Morgan fingerprint density at radius 1 is 1.62 bits per heavy atom. The van der Waals surface area contributed by atoms with Gasteiger partial charge in [-0.2, -0.15) is 0 Å². The molecular formula is C8H9F2NO2. The minimum atomic E-state index is -2.62. The van der Waals surface area contributed by atoms with E-state index in [0.29, 0.717) is 0 Å². The zero-order valence-electron chi connectivity index (χ0n) is 7.00. The van der Waals surface area contributed by atoms with E-state index in [1.165, 1.54) is 13.2 Å². The molecule has 1 aromatic rings. The SMILES string of the molecule is COc1cc(CO)c(C(F)F)cn1. The molecule has 0 saturated carbocycles. The number of nitrogens with zero attached hydrogens (tertiary/aromatic N) is 1. The van der Waals surface area contributed by atoms with Crippen molar-refractivity contribution in [3.8, 4) is 5.88 Å². The number of aromatic nitrogens is 1. The maximum Gasteiger partial charge on any atom is 0.265 e. The first-order chi connectivity index (χ1) is 6.19. The van der Waals surface area contributed by atoms with Gasteiger partial charge >= 0.3 is 0 Å². The fraction of sp³-hybridized carbons (Fsp3) is 0.375. The number of alkyl halides is 2. The van der Waals surface area contributed by atoms with E-state index in [0.717, 1.165) is 6.20 Å². The van der Waals surface area contributed by atoms with Crippen molar-refractivity contribution in [1.29, 1.82) is 0 Å². The van der Waals surface area contributed by atoms with Gasteiger partial charge < -0.3 is 9.84 Å². The standard InChI is InChI=1S/C8H9F2NO2/c1-13-7-2-5(4-12)6(3-11-7)8(9)10/h2-3,8,12H,4H2,1H3. The fourth-order valence-corrected chi connectivity index (χ4v) is 0.931. The second kappa shape index (κ2) is 4.13. The molecule has 0 atom stereocenters. The van der Waals surface area contributed by atoms with Crippen LogP contribution >= 0.6 is 0 Å². The van der Waals surface area contributed by atoms with Crippen LogP contribution in [-0.4, -0.2) is 17.2 Å². The summed E-state index contributed by atoms with van der Waals surface area (Å²) in [6.07, 6.45) is -1.62. The Labute approximate surface area is 74.0 Å². The lowest BCUT2D eigenvalue weighted by Gasteiger charge is -2.06. The summed E-state index contributed by atoms with van der Waals surface area (Å²) in [5, 5.41) is 8.77. The molecule has 3 nitrogen and oxygen atoms in total. The van der Waals surface area contributed by atoms with Crippen LogP contribution in [0.4, 0.5) is 8.78 Å². The van der Waals surface area contributed by atoms with Gasteiger partial charge in [-0.15, -0.1) is 0 Å². The molecule has 13 heavy (non-hydrogen) atoms. The van der Waals surface area contributed by atoms with E-state index in [9.17, 15) is 8.78 Å². The monoisotopic (exact) mass is 189 g/mol. The maximum absolute atomic E-state index is 12.3. The second-order valence-corrected chi connectivity index (χ2v) is 2.38. The summed E-state index contributed by atoms with van der Waals surface area (Å²) in [5.41, 5.74) is -0.120. The van der Waals surface area contributed by atoms with E-state index in [1.807, 2.05) is 0 Å². The Bertz CT molecular complexity index is 291. The Morgan fingerprint density at radius 3 is 2.77 bits per heavy atom. The van der Waals surface area contributed by atoms with E-state index < -0.39 is 13.0 Å². The van der Waals surface area contributed by atoms with Crippen LogP contribution in [-0.2, 0) is 6.61 Å². The van der Waals surface area contributed by atoms with Crippen LogP contribution in [0.15, 0.2) is 12.3 Å². The zero-order chi connectivity index (χ0) is 9.84. The zero-order valence-corrected chi connectivity index (χ0v) is 7.00. The van der Waals surface area contributed by atoms with Crippen LogP contribution in [0.2, 0.25) is 0 Å². The number of aliphatic hydroxyl groups excluding tert-OH is 1. The smallest absolute Gasteiger partial charge is 0.265 e. The van der Waals surface area contributed by atoms with Gasteiger partial charge in [0.05, 0.1) is 13.7 Å². The van der Waals surface area contributed by atoms with Crippen molar-refractivity contribution in [2.45, 2.75) is 13.0 Å². The highest BCUT2D eigenvalue weighted by atomic mass is 19.3. The van der Waals surface area contributed by atoms with E-state index in [-0.39, 0.29) is 17.0 Å². The predicted octanol–water partition coefficient (Wildman–Crippen LogP) is 1.52. The van der Waals surface area contributed by atoms with Gasteiger partial charge in [-0.25, -0.2) is 13.8 Å². The fourth-order valence-electron chi connectivity index (χ4n) is 0.931. The molecule has 1 N–H and O–H groups in total. The Balaban J connectivity index is 3.08. The van der Waals surface area contributed by atoms with Crippen molar-refractivity contribution < 1.29 is 18.6 Å². The van der Waals surface area contributed by atoms with E-state index in [1.54, 1.807) is 0 Å². The number of ether oxygens (including phenoxy) is 1. The third-order valence-corrected chi connectivity index (χ3v) is 1.61. The molecule has 0 aliphatic carbocycles. The number of halogens is 2. The third-order valence-electron chi connectivity index (χ3n) is 1.61. The summed E-state index contributed by atoms with van der Waals surface area (Å²) >= 11 is 0. The molecule has 0 spiro atoms. The van der Waals surface area contributed by atoms with Gasteiger partial charge in [0.25, 0.3) is 6.43 Å². The number of rotatable bonds is 3. The number of methoxy groups -OCH3 is 1. The van der Waals surface area contributed by atoms with Gasteiger partial charge in [-0.1, -0.05) is 0 Å². The van der Waals surface area contributed by atoms with Crippen LogP contribution in [0.1, 0.15) is 17.6 Å². The lowest BCUT2D eigenvalue weighted by molar-refractivity contribution is 0.146. The number of hydrogen-bond donors (Lipinski definition) is 1. The highest BCUT2D eigenvalue weighted by Gasteiger charge is 2.13. The number of hydrogen-bond acceptors (Lipinski definition) is 3. The summed E-state index contributed by atoms with van der Waals surface area (Å²) in [6, 6.07) is 1.29. The molecule has 0 radical (unpaired) electrons. The first-order valence-corrected chi connectivity index (χ1v) is 3.61. The quantitative estimate of drug-likeness (QED) is 0.783. The molecule has 0 aliphatic rings. The molecule has 0 unspecified atom stereocenters. The third kappa shape index (κ3) is 2.12. The first kappa shape index (κ1) is 9.85. The maximum atomic E-state index is 12.3. The average molecular weight is 189 g/mol. The first-order valence-electron chi connectivity index (χ1n) is 3.61. The largest absolute Gasteiger partial charge is 0.481 e. The van der Waals surface area contributed by atoms with Crippen molar-refractivity contribution in [3.05, 3.63) is 23.4 Å². The van der Waals surface area contributed by atoms with Gasteiger partial charge in [0.1, 0.15) is 0 Å². The van der Waals surface area contributed by atoms with Crippen molar-refractivity contribution in [3.63, 3.8) is 0 Å². The van der Waals surface area contributed by atoms with E-state index >= 15 is 0 Å². The van der Waals surface area contributed by atoms with Gasteiger partial charge in [0.15, 0.2) is 0 Å². The van der Waals surface area contributed by atoms with Gasteiger partial charge in [0.2, 0.25) is 5.88 Å². The van der Waals surface area contributed by atoms with Crippen molar-refractivity contribution >= 4 is 0 Å². The molecule has 0 bridgehead atoms. The lowest BCUT2D eigenvalue weighted by Crippen LogP contribution is -1.98. The van der Waals surface area contributed by atoms with Gasteiger partial charge in [-0.3, -0.25) is 0 Å².